The second-order valence-corrected chi connectivity index (χ2v) is 8.41. The Bertz CT molecular complexity index is 679. The number of carbonyl (C=O) groups is 1. The summed E-state index contributed by atoms with van der Waals surface area (Å²) in [6.07, 6.45) is 5.43. The fourth-order valence-electron chi connectivity index (χ4n) is 3.10. The van der Waals surface area contributed by atoms with Gasteiger partial charge in [0.1, 0.15) is 6.54 Å². The first-order chi connectivity index (χ1) is 10.7. The Balaban J connectivity index is 2.26. The Morgan fingerprint density at radius 3 is 2.39 bits per heavy atom. The van der Waals surface area contributed by atoms with Gasteiger partial charge in [-0.05, 0) is 43.9 Å². The molecule has 1 aromatic carbocycles. The average Bonchev–Trinajstić information content (AvgIpc) is 2.99. The van der Waals surface area contributed by atoms with E-state index < -0.39 is 10.0 Å². The standard InChI is InChI=1S/C17H26N2O3S/c1-13-9-10-14(2)16(11-13)19(23(4,21)22)12-17(20)18(3)15-7-5-6-8-15/h9-11,15H,5-8,12H2,1-4H3. The lowest BCUT2D eigenvalue weighted by Gasteiger charge is -2.29. The van der Waals surface area contributed by atoms with Gasteiger partial charge >= 0.3 is 0 Å². The number of benzene rings is 1. The van der Waals surface area contributed by atoms with Crippen molar-refractivity contribution < 1.29 is 13.2 Å². The fourth-order valence-corrected chi connectivity index (χ4v) is 4.00. The maximum Gasteiger partial charge on any atom is 0.243 e. The summed E-state index contributed by atoms with van der Waals surface area (Å²) in [6.45, 7) is 3.63. The topological polar surface area (TPSA) is 57.7 Å². The van der Waals surface area contributed by atoms with Gasteiger partial charge in [0.2, 0.25) is 15.9 Å². The molecule has 1 aromatic rings. The van der Waals surface area contributed by atoms with Gasteiger partial charge in [-0.2, -0.15) is 0 Å². The van der Waals surface area contributed by atoms with Gasteiger partial charge < -0.3 is 4.90 Å². The first-order valence-electron chi connectivity index (χ1n) is 8.01. The average molecular weight is 338 g/mol. The molecular formula is C17H26N2O3S. The van der Waals surface area contributed by atoms with E-state index in [1.807, 2.05) is 32.0 Å². The van der Waals surface area contributed by atoms with E-state index in [0.29, 0.717) is 5.69 Å². The van der Waals surface area contributed by atoms with Gasteiger partial charge in [-0.1, -0.05) is 25.0 Å². The molecule has 0 spiro atoms. The number of aryl methyl sites for hydroxylation is 2. The number of likely N-dealkylation sites (N-methyl/N-ethyl adjacent to an activating group) is 1. The molecule has 0 heterocycles. The Kier molecular flexibility index (Phi) is 5.34. The summed E-state index contributed by atoms with van der Waals surface area (Å²) in [6, 6.07) is 5.88. The van der Waals surface area contributed by atoms with Gasteiger partial charge in [0.25, 0.3) is 0 Å². The monoisotopic (exact) mass is 338 g/mol. The Morgan fingerprint density at radius 2 is 1.83 bits per heavy atom. The van der Waals surface area contributed by atoms with Crippen LogP contribution < -0.4 is 4.31 Å². The largest absolute Gasteiger partial charge is 0.341 e. The van der Waals surface area contributed by atoms with E-state index >= 15 is 0 Å². The number of anilines is 1. The quantitative estimate of drug-likeness (QED) is 0.829. The predicted molar refractivity (Wildman–Crippen MR) is 93.1 cm³/mol. The molecule has 0 aliphatic heterocycles. The molecule has 0 bridgehead atoms. The smallest absolute Gasteiger partial charge is 0.243 e. The molecule has 128 valence electrons. The minimum absolute atomic E-state index is 0.143. The summed E-state index contributed by atoms with van der Waals surface area (Å²) < 4.78 is 25.7. The first-order valence-corrected chi connectivity index (χ1v) is 9.85. The number of sulfonamides is 1. The number of carbonyl (C=O) groups excluding carboxylic acids is 1. The van der Waals surface area contributed by atoms with E-state index in [9.17, 15) is 13.2 Å². The lowest BCUT2D eigenvalue weighted by atomic mass is 10.1. The summed E-state index contributed by atoms with van der Waals surface area (Å²) >= 11 is 0. The maximum atomic E-state index is 12.6. The summed E-state index contributed by atoms with van der Waals surface area (Å²) in [5.74, 6) is -0.150. The number of hydrogen-bond acceptors (Lipinski definition) is 3. The molecule has 0 atom stereocenters. The van der Waals surface area contributed by atoms with E-state index in [4.69, 9.17) is 0 Å². The first kappa shape index (κ1) is 17.8. The number of nitrogens with zero attached hydrogens (tertiary/aromatic N) is 2. The molecule has 0 radical (unpaired) electrons. The van der Waals surface area contributed by atoms with E-state index in [1.165, 1.54) is 4.31 Å². The third kappa shape index (κ3) is 4.25. The van der Waals surface area contributed by atoms with Crippen LogP contribution in [0.25, 0.3) is 0 Å². The molecule has 1 fully saturated rings. The lowest BCUT2D eigenvalue weighted by Crippen LogP contribution is -2.44. The Hall–Kier alpha value is -1.56. The van der Waals surface area contributed by atoms with Crippen LogP contribution in [0.15, 0.2) is 18.2 Å². The van der Waals surface area contributed by atoms with E-state index in [-0.39, 0.29) is 18.5 Å². The molecule has 1 aliphatic carbocycles. The van der Waals surface area contributed by atoms with Crippen molar-refractivity contribution in [3.63, 3.8) is 0 Å². The van der Waals surface area contributed by atoms with Crippen molar-refractivity contribution >= 4 is 21.6 Å². The van der Waals surface area contributed by atoms with Crippen molar-refractivity contribution in [1.82, 2.24) is 4.90 Å². The third-order valence-electron chi connectivity index (χ3n) is 4.58. The van der Waals surface area contributed by atoms with Gasteiger partial charge in [0, 0.05) is 13.1 Å². The maximum absolute atomic E-state index is 12.6. The number of amides is 1. The molecule has 5 nitrogen and oxygen atoms in total. The third-order valence-corrected chi connectivity index (χ3v) is 5.70. The zero-order valence-electron chi connectivity index (χ0n) is 14.4. The zero-order chi connectivity index (χ0) is 17.2. The Morgan fingerprint density at radius 1 is 1.22 bits per heavy atom. The second-order valence-electron chi connectivity index (χ2n) is 6.50. The highest BCUT2D eigenvalue weighted by Gasteiger charge is 2.28. The molecule has 6 heteroatoms. The van der Waals surface area contributed by atoms with Gasteiger partial charge in [-0.25, -0.2) is 8.42 Å². The van der Waals surface area contributed by atoms with Crippen LogP contribution in [0.3, 0.4) is 0 Å². The summed E-state index contributed by atoms with van der Waals surface area (Å²) in [5, 5.41) is 0. The minimum Gasteiger partial charge on any atom is -0.341 e. The summed E-state index contributed by atoms with van der Waals surface area (Å²) in [7, 11) is -1.74. The van der Waals surface area contributed by atoms with Gasteiger partial charge in [0.15, 0.2) is 0 Å². The zero-order valence-corrected chi connectivity index (χ0v) is 15.2. The van der Waals surface area contributed by atoms with Crippen molar-refractivity contribution in [3.8, 4) is 0 Å². The summed E-state index contributed by atoms with van der Waals surface area (Å²) in [5.41, 5.74) is 2.40. The second kappa shape index (κ2) is 6.91. The molecule has 1 aliphatic rings. The van der Waals surface area contributed by atoms with E-state index in [0.717, 1.165) is 43.1 Å². The van der Waals surface area contributed by atoms with Crippen LogP contribution in [0.4, 0.5) is 5.69 Å². The van der Waals surface area contributed by atoms with Crippen LogP contribution in [0.5, 0.6) is 0 Å². The minimum atomic E-state index is -3.52. The highest BCUT2D eigenvalue weighted by Crippen LogP contribution is 2.26. The molecule has 23 heavy (non-hydrogen) atoms. The highest BCUT2D eigenvalue weighted by molar-refractivity contribution is 7.92. The summed E-state index contributed by atoms with van der Waals surface area (Å²) in [4.78, 5) is 14.3. The van der Waals surface area contributed by atoms with Gasteiger partial charge in [-0.3, -0.25) is 9.10 Å². The molecule has 0 aromatic heterocycles. The molecule has 1 amide bonds. The van der Waals surface area contributed by atoms with Crippen LogP contribution in [0, 0.1) is 13.8 Å². The van der Waals surface area contributed by atoms with E-state index in [2.05, 4.69) is 0 Å². The number of hydrogen-bond donors (Lipinski definition) is 0. The van der Waals surface area contributed by atoms with E-state index in [1.54, 1.807) is 11.9 Å². The molecule has 1 saturated carbocycles. The van der Waals surface area contributed by atoms with Crippen molar-refractivity contribution in [2.75, 3.05) is 24.2 Å². The van der Waals surface area contributed by atoms with Crippen LogP contribution in [-0.2, 0) is 14.8 Å². The molecular weight excluding hydrogens is 312 g/mol. The van der Waals surface area contributed by atoms with Crippen molar-refractivity contribution in [2.24, 2.45) is 0 Å². The van der Waals surface area contributed by atoms with Crippen LogP contribution in [-0.4, -0.2) is 45.1 Å². The molecule has 2 rings (SSSR count). The van der Waals surface area contributed by atoms with Gasteiger partial charge in [-0.15, -0.1) is 0 Å². The van der Waals surface area contributed by atoms with Crippen molar-refractivity contribution in [2.45, 2.75) is 45.6 Å². The van der Waals surface area contributed by atoms with Crippen LogP contribution >= 0.6 is 0 Å². The van der Waals surface area contributed by atoms with Crippen LogP contribution in [0.2, 0.25) is 0 Å². The SMILES string of the molecule is Cc1ccc(C)c(N(CC(=O)N(C)C2CCCC2)S(C)(=O)=O)c1. The van der Waals surface area contributed by atoms with Crippen LogP contribution in [0.1, 0.15) is 36.8 Å². The fraction of sp³-hybridized carbons (Fsp3) is 0.588. The highest BCUT2D eigenvalue weighted by atomic mass is 32.2. The molecule has 0 saturated heterocycles. The number of rotatable bonds is 5. The van der Waals surface area contributed by atoms with Crippen molar-refractivity contribution in [3.05, 3.63) is 29.3 Å². The lowest BCUT2D eigenvalue weighted by molar-refractivity contribution is -0.130. The predicted octanol–water partition coefficient (Wildman–Crippen LogP) is 2.47. The van der Waals surface area contributed by atoms with Gasteiger partial charge in [0.05, 0.1) is 11.9 Å². The normalized spacial score (nSPS) is 15.7. The Labute approximate surface area is 139 Å². The molecule has 0 unspecified atom stereocenters. The molecule has 0 N–H and O–H groups in total. The van der Waals surface area contributed by atoms with Crippen molar-refractivity contribution in [1.29, 1.82) is 0 Å².